The van der Waals surface area contributed by atoms with Crippen LogP contribution in [0, 0.1) is 10.1 Å². The number of epoxide rings is 1. The molecule has 0 aromatic heterocycles. The van der Waals surface area contributed by atoms with E-state index in [1.165, 1.54) is 12.1 Å². The standard InChI is InChI=1S/C16H20N2O7S/c1-16(2,3)25-15(19)17(10-8-12-13(9-10)24-12)26(22,23)14-7-5-4-6-11(14)18(20)21/h4-7,10,12-13H,8-9H2,1-3H3/t10?,12-,13+. The van der Waals surface area contributed by atoms with Gasteiger partial charge in [-0.15, -0.1) is 0 Å². The third-order valence-electron chi connectivity index (χ3n) is 4.20. The molecule has 2 aliphatic rings. The summed E-state index contributed by atoms with van der Waals surface area (Å²) < 4.78 is 37.6. The van der Waals surface area contributed by atoms with E-state index in [2.05, 4.69) is 0 Å². The van der Waals surface area contributed by atoms with Crippen LogP contribution in [0.15, 0.2) is 29.2 Å². The zero-order chi connectivity index (χ0) is 19.3. The van der Waals surface area contributed by atoms with Gasteiger partial charge in [0.2, 0.25) is 0 Å². The molecule has 10 heteroatoms. The van der Waals surface area contributed by atoms with Crippen molar-refractivity contribution in [3.63, 3.8) is 0 Å². The van der Waals surface area contributed by atoms with Crippen molar-refractivity contribution < 1.29 is 27.6 Å². The number of amides is 1. The smallest absolute Gasteiger partial charge is 0.424 e. The number of fused-ring (bicyclic) bond motifs is 1. The molecule has 1 aliphatic carbocycles. The number of nitro groups is 1. The number of nitro benzene ring substituents is 1. The van der Waals surface area contributed by atoms with Crippen molar-refractivity contribution in [3.8, 4) is 0 Å². The maximum Gasteiger partial charge on any atom is 0.424 e. The summed E-state index contributed by atoms with van der Waals surface area (Å²) >= 11 is 0. The van der Waals surface area contributed by atoms with Gasteiger partial charge in [0.25, 0.3) is 15.7 Å². The predicted octanol–water partition coefficient (Wildman–Crippen LogP) is 2.45. The molecule has 1 amide bonds. The summed E-state index contributed by atoms with van der Waals surface area (Å²) in [6.07, 6.45) is -0.494. The average Bonchev–Trinajstić information content (AvgIpc) is 3.12. The molecule has 0 radical (unpaired) electrons. The van der Waals surface area contributed by atoms with Crippen molar-refractivity contribution in [2.24, 2.45) is 0 Å². The summed E-state index contributed by atoms with van der Waals surface area (Å²) in [6, 6.07) is 4.31. The maximum atomic E-state index is 13.2. The zero-order valence-electron chi connectivity index (χ0n) is 14.6. The van der Waals surface area contributed by atoms with Crippen molar-refractivity contribution in [1.29, 1.82) is 0 Å². The molecule has 3 atom stereocenters. The predicted molar refractivity (Wildman–Crippen MR) is 90.0 cm³/mol. The second-order valence-electron chi connectivity index (χ2n) is 7.34. The molecule has 142 valence electrons. The van der Waals surface area contributed by atoms with Gasteiger partial charge in [-0.2, -0.15) is 4.31 Å². The van der Waals surface area contributed by atoms with Gasteiger partial charge in [-0.3, -0.25) is 10.1 Å². The fraction of sp³-hybridized carbons (Fsp3) is 0.562. The summed E-state index contributed by atoms with van der Waals surface area (Å²) in [4.78, 5) is 22.6. The molecule has 1 saturated carbocycles. The summed E-state index contributed by atoms with van der Waals surface area (Å²) in [7, 11) is -4.47. The van der Waals surface area contributed by atoms with Crippen molar-refractivity contribution in [1.82, 2.24) is 4.31 Å². The SMILES string of the molecule is CC(C)(C)OC(=O)N(C1C[C@@H]2O[C@@H]2C1)S(=O)(=O)c1ccccc1[N+](=O)[O-]. The Labute approximate surface area is 151 Å². The minimum atomic E-state index is -4.47. The zero-order valence-corrected chi connectivity index (χ0v) is 15.4. The molecule has 0 spiro atoms. The van der Waals surface area contributed by atoms with Gasteiger partial charge in [0, 0.05) is 6.07 Å². The van der Waals surface area contributed by atoms with Gasteiger partial charge < -0.3 is 9.47 Å². The largest absolute Gasteiger partial charge is 0.443 e. The average molecular weight is 384 g/mol. The van der Waals surface area contributed by atoms with Crippen LogP contribution in [0.4, 0.5) is 10.5 Å². The molecular formula is C16H20N2O7S. The number of ether oxygens (including phenoxy) is 2. The van der Waals surface area contributed by atoms with Crippen molar-refractivity contribution >= 4 is 21.8 Å². The molecule has 9 nitrogen and oxygen atoms in total. The Morgan fingerprint density at radius 3 is 2.38 bits per heavy atom. The van der Waals surface area contributed by atoms with Gasteiger partial charge in [0.15, 0.2) is 4.90 Å². The lowest BCUT2D eigenvalue weighted by atomic mass is 10.2. The first-order chi connectivity index (χ1) is 12.0. The van der Waals surface area contributed by atoms with E-state index in [4.69, 9.17) is 9.47 Å². The fourth-order valence-corrected chi connectivity index (χ4v) is 4.77. The van der Waals surface area contributed by atoms with Crippen LogP contribution in [0.5, 0.6) is 0 Å². The van der Waals surface area contributed by atoms with Crippen LogP contribution in [0.3, 0.4) is 0 Å². The van der Waals surface area contributed by atoms with E-state index in [-0.39, 0.29) is 12.2 Å². The Morgan fingerprint density at radius 1 is 1.27 bits per heavy atom. The lowest BCUT2D eigenvalue weighted by molar-refractivity contribution is -0.387. The normalized spacial score (nSPS) is 24.7. The Hall–Kier alpha value is -2.20. The van der Waals surface area contributed by atoms with Gasteiger partial charge in [-0.1, -0.05) is 12.1 Å². The van der Waals surface area contributed by atoms with Crippen LogP contribution >= 0.6 is 0 Å². The van der Waals surface area contributed by atoms with Gasteiger partial charge in [0.05, 0.1) is 23.2 Å². The molecule has 1 heterocycles. The number of hydrogen-bond acceptors (Lipinski definition) is 7. The highest BCUT2D eigenvalue weighted by atomic mass is 32.2. The van der Waals surface area contributed by atoms with Crippen LogP contribution in [0.25, 0.3) is 0 Å². The number of nitrogens with zero attached hydrogens (tertiary/aromatic N) is 2. The van der Waals surface area contributed by atoms with E-state index in [0.29, 0.717) is 17.1 Å². The van der Waals surface area contributed by atoms with E-state index in [1.54, 1.807) is 20.8 Å². The first-order valence-electron chi connectivity index (χ1n) is 8.17. The van der Waals surface area contributed by atoms with Crippen LogP contribution in [-0.2, 0) is 19.5 Å². The number of carbonyl (C=O) groups excluding carboxylic acids is 1. The van der Waals surface area contributed by atoms with Crippen LogP contribution in [0.2, 0.25) is 0 Å². The van der Waals surface area contributed by atoms with Crippen LogP contribution in [-0.4, -0.2) is 47.6 Å². The molecule has 1 unspecified atom stereocenters. The monoisotopic (exact) mass is 384 g/mol. The number of hydrogen-bond donors (Lipinski definition) is 0. The summed E-state index contributed by atoms with van der Waals surface area (Å²) in [5.41, 5.74) is -1.49. The molecule has 0 N–H and O–H groups in total. The first kappa shape index (κ1) is 18.6. The third kappa shape index (κ3) is 3.51. The van der Waals surface area contributed by atoms with Gasteiger partial charge in [0.1, 0.15) is 5.60 Å². The van der Waals surface area contributed by atoms with Crippen molar-refractivity contribution in [2.75, 3.05) is 0 Å². The number of carbonyl (C=O) groups is 1. The molecule has 2 fully saturated rings. The highest BCUT2D eigenvalue weighted by Gasteiger charge is 2.54. The summed E-state index contributed by atoms with van der Waals surface area (Å²) in [6.45, 7) is 4.86. The van der Waals surface area contributed by atoms with E-state index >= 15 is 0 Å². The Morgan fingerprint density at radius 2 is 1.85 bits per heavy atom. The van der Waals surface area contributed by atoms with Crippen molar-refractivity contribution in [3.05, 3.63) is 34.4 Å². The topological polar surface area (TPSA) is 119 Å². The fourth-order valence-electron chi connectivity index (χ4n) is 3.10. The maximum absolute atomic E-state index is 13.2. The molecule has 26 heavy (non-hydrogen) atoms. The molecular weight excluding hydrogens is 364 g/mol. The molecule has 1 aromatic carbocycles. The number of para-hydroxylation sites is 1. The molecule has 1 saturated heterocycles. The second kappa shape index (κ2) is 6.20. The molecule has 1 aromatic rings. The third-order valence-corrected chi connectivity index (χ3v) is 6.07. The minimum absolute atomic E-state index is 0.0779. The lowest BCUT2D eigenvalue weighted by Crippen LogP contribution is -2.46. The van der Waals surface area contributed by atoms with E-state index in [0.717, 1.165) is 12.1 Å². The number of rotatable bonds is 4. The minimum Gasteiger partial charge on any atom is -0.443 e. The quantitative estimate of drug-likeness (QED) is 0.444. The van der Waals surface area contributed by atoms with Gasteiger partial charge in [-0.05, 0) is 39.7 Å². The Kier molecular flexibility index (Phi) is 4.43. The first-order valence-corrected chi connectivity index (χ1v) is 9.61. The summed E-state index contributed by atoms with van der Waals surface area (Å²) in [5.74, 6) is 0. The Bertz CT molecular complexity index is 836. The lowest BCUT2D eigenvalue weighted by Gasteiger charge is -2.31. The van der Waals surface area contributed by atoms with E-state index < -0.39 is 43.3 Å². The second-order valence-corrected chi connectivity index (χ2v) is 9.13. The number of benzene rings is 1. The van der Waals surface area contributed by atoms with Crippen LogP contribution < -0.4 is 0 Å². The highest BCUT2D eigenvalue weighted by Crippen LogP contribution is 2.43. The van der Waals surface area contributed by atoms with E-state index in [1.807, 2.05) is 0 Å². The Balaban J connectivity index is 2.03. The van der Waals surface area contributed by atoms with Gasteiger partial charge >= 0.3 is 6.09 Å². The summed E-state index contributed by atoms with van der Waals surface area (Å²) in [5, 5.41) is 11.3. The molecule has 0 bridgehead atoms. The molecule has 3 rings (SSSR count). The molecule has 1 aliphatic heterocycles. The van der Waals surface area contributed by atoms with Crippen molar-refractivity contribution in [2.45, 2.75) is 62.4 Å². The number of sulfonamides is 1. The van der Waals surface area contributed by atoms with E-state index in [9.17, 15) is 23.3 Å². The van der Waals surface area contributed by atoms with Gasteiger partial charge in [-0.25, -0.2) is 13.2 Å². The van der Waals surface area contributed by atoms with Crippen LogP contribution in [0.1, 0.15) is 33.6 Å². The highest BCUT2D eigenvalue weighted by molar-refractivity contribution is 7.89.